The molecule has 45 heavy (non-hydrogen) atoms. The van der Waals surface area contributed by atoms with E-state index in [9.17, 15) is 19.2 Å². The van der Waals surface area contributed by atoms with E-state index in [-0.39, 0.29) is 19.2 Å². The Hall–Kier alpha value is -5.12. The third kappa shape index (κ3) is 13.0. The van der Waals surface area contributed by atoms with Crippen LogP contribution in [0.25, 0.3) is 6.08 Å². The van der Waals surface area contributed by atoms with Crippen molar-refractivity contribution in [2.45, 2.75) is 58.3 Å². The Labute approximate surface area is 263 Å². The standard InChI is InChI=1S/C35H40N2O8/c1-2-3-4-6-9-32(38)44-30-15-17-31(18-16-30)45-33(39)19-12-25-10-13-26(14-11-25)34(40)42-20-7-5-8-21-43-35(41)27-22-28(36)24-29(37)23-27/h10-19,22-24H,2-9,20-21,36-37H2,1H3/b19-12+. The van der Waals surface area contributed by atoms with Crippen molar-refractivity contribution in [2.24, 2.45) is 0 Å². The second-order valence-corrected chi connectivity index (χ2v) is 10.4. The van der Waals surface area contributed by atoms with Crippen molar-refractivity contribution < 1.29 is 38.1 Å². The van der Waals surface area contributed by atoms with Gasteiger partial charge in [0.1, 0.15) is 11.5 Å². The van der Waals surface area contributed by atoms with Crippen LogP contribution in [0.5, 0.6) is 11.5 Å². The Kier molecular flexibility index (Phi) is 14.1. The molecule has 0 atom stereocenters. The summed E-state index contributed by atoms with van der Waals surface area (Å²) in [5, 5.41) is 0. The molecule has 238 valence electrons. The molecule has 0 heterocycles. The molecule has 0 saturated heterocycles. The summed E-state index contributed by atoms with van der Waals surface area (Å²) in [6.07, 6.45) is 9.15. The van der Waals surface area contributed by atoms with Gasteiger partial charge in [-0.15, -0.1) is 0 Å². The van der Waals surface area contributed by atoms with E-state index >= 15 is 0 Å². The lowest BCUT2D eigenvalue weighted by Crippen LogP contribution is -2.09. The molecule has 0 saturated carbocycles. The highest BCUT2D eigenvalue weighted by Crippen LogP contribution is 2.19. The molecule has 4 N–H and O–H groups in total. The predicted octanol–water partition coefficient (Wildman–Crippen LogP) is 6.53. The summed E-state index contributed by atoms with van der Waals surface area (Å²) < 4.78 is 21.2. The molecule has 0 spiro atoms. The molecular weight excluding hydrogens is 576 g/mol. The summed E-state index contributed by atoms with van der Waals surface area (Å²) in [5.41, 5.74) is 13.6. The molecule has 10 nitrogen and oxygen atoms in total. The van der Waals surface area contributed by atoms with Crippen LogP contribution in [0.15, 0.2) is 72.8 Å². The van der Waals surface area contributed by atoms with Gasteiger partial charge in [0.25, 0.3) is 0 Å². The molecule has 10 heteroatoms. The highest BCUT2D eigenvalue weighted by Gasteiger charge is 2.10. The number of ether oxygens (including phenoxy) is 4. The van der Waals surface area contributed by atoms with E-state index in [1.54, 1.807) is 60.7 Å². The molecule has 0 aliphatic rings. The first-order valence-corrected chi connectivity index (χ1v) is 15.0. The third-order valence-corrected chi connectivity index (χ3v) is 6.53. The van der Waals surface area contributed by atoms with E-state index in [1.807, 2.05) is 0 Å². The number of carbonyl (C=O) groups is 4. The second-order valence-electron chi connectivity index (χ2n) is 10.4. The molecule has 0 aliphatic heterocycles. The van der Waals surface area contributed by atoms with Gasteiger partial charge in [-0.25, -0.2) is 14.4 Å². The fourth-order valence-corrected chi connectivity index (χ4v) is 4.17. The van der Waals surface area contributed by atoms with Crippen LogP contribution in [0, 0.1) is 0 Å². The first-order valence-electron chi connectivity index (χ1n) is 15.0. The van der Waals surface area contributed by atoms with Gasteiger partial charge in [0.15, 0.2) is 0 Å². The van der Waals surface area contributed by atoms with Gasteiger partial charge < -0.3 is 30.4 Å². The van der Waals surface area contributed by atoms with Crippen molar-refractivity contribution in [3.63, 3.8) is 0 Å². The molecule has 3 rings (SSSR count). The lowest BCUT2D eigenvalue weighted by atomic mass is 10.1. The number of esters is 4. The van der Waals surface area contributed by atoms with Gasteiger partial charge in [-0.2, -0.15) is 0 Å². The molecule has 3 aromatic carbocycles. The van der Waals surface area contributed by atoms with Gasteiger partial charge in [-0.3, -0.25) is 4.79 Å². The van der Waals surface area contributed by atoms with Crippen LogP contribution in [0.1, 0.15) is 84.6 Å². The molecule has 0 unspecified atom stereocenters. The van der Waals surface area contributed by atoms with Crippen molar-refractivity contribution in [1.29, 1.82) is 0 Å². The van der Waals surface area contributed by atoms with Gasteiger partial charge in [0.2, 0.25) is 0 Å². The highest BCUT2D eigenvalue weighted by atomic mass is 16.5. The highest BCUT2D eigenvalue weighted by molar-refractivity contribution is 5.92. The number of hydrogen-bond acceptors (Lipinski definition) is 10. The third-order valence-electron chi connectivity index (χ3n) is 6.53. The summed E-state index contributed by atoms with van der Waals surface area (Å²) in [5.74, 6) is -1.11. The van der Waals surface area contributed by atoms with E-state index in [1.165, 1.54) is 18.2 Å². The Morgan fingerprint density at radius 3 is 1.80 bits per heavy atom. The van der Waals surface area contributed by atoms with E-state index in [0.29, 0.717) is 65.2 Å². The molecule has 3 aromatic rings. The first kappa shape index (κ1) is 34.4. The quantitative estimate of drug-likeness (QED) is 0.0562. The van der Waals surface area contributed by atoms with Crippen molar-refractivity contribution >= 4 is 41.3 Å². The molecule has 0 radical (unpaired) electrons. The SMILES string of the molecule is CCCCCCC(=O)Oc1ccc(OC(=O)/C=C/c2ccc(C(=O)OCCCCCOC(=O)c3cc(N)cc(N)c3)cc2)cc1. The minimum absolute atomic E-state index is 0.229. The van der Waals surface area contributed by atoms with Crippen LogP contribution in [-0.2, 0) is 19.1 Å². The van der Waals surface area contributed by atoms with Crippen LogP contribution in [0.4, 0.5) is 11.4 Å². The molecule has 0 fully saturated rings. The maximum Gasteiger partial charge on any atom is 0.338 e. The minimum Gasteiger partial charge on any atom is -0.462 e. The molecular formula is C35H40N2O8. The van der Waals surface area contributed by atoms with E-state index in [0.717, 1.165) is 25.7 Å². The van der Waals surface area contributed by atoms with Crippen molar-refractivity contribution in [3.8, 4) is 11.5 Å². The van der Waals surface area contributed by atoms with Crippen molar-refractivity contribution in [3.05, 3.63) is 89.5 Å². The van der Waals surface area contributed by atoms with Crippen molar-refractivity contribution in [1.82, 2.24) is 0 Å². The normalized spacial score (nSPS) is 10.8. The smallest absolute Gasteiger partial charge is 0.338 e. The fraction of sp³-hybridized carbons (Fsp3) is 0.314. The molecule has 0 aliphatic carbocycles. The van der Waals surface area contributed by atoms with Crippen LogP contribution in [0.3, 0.4) is 0 Å². The van der Waals surface area contributed by atoms with E-state index in [2.05, 4.69) is 6.92 Å². The van der Waals surface area contributed by atoms with Gasteiger partial charge in [0.05, 0.1) is 24.3 Å². The van der Waals surface area contributed by atoms with Crippen LogP contribution in [-0.4, -0.2) is 37.1 Å². The summed E-state index contributed by atoms with van der Waals surface area (Å²) in [4.78, 5) is 48.6. The number of hydrogen-bond donors (Lipinski definition) is 2. The minimum atomic E-state index is -0.580. The number of benzene rings is 3. The molecule has 0 aromatic heterocycles. The van der Waals surface area contributed by atoms with E-state index in [4.69, 9.17) is 30.4 Å². The zero-order valence-electron chi connectivity index (χ0n) is 25.5. The zero-order chi connectivity index (χ0) is 32.4. The lowest BCUT2D eigenvalue weighted by Gasteiger charge is -2.07. The monoisotopic (exact) mass is 616 g/mol. The maximum atomic E-state index is 12.3. The largest absolute Gasteiger partial charge is 0.462 e. The Morgan fingerprint density at radius 1 is 0.644 bits per heavy atom. The average Bonchev–Trinajstić information content (AvgIpc) is 3.02. The van der Waals surface area contributed by atoms with Crippen LogP contribution < -0.4 is 20.9 Å². The van der Waals surface area contributed by atoms with Crippen LogP contribution >= 0.6 is 0 Å². The Balaban J connectivity index is 1.31. The fourth-order valence-electron chi connectivity index (χ4n) is 4.17. The summed E-state index contributed by atoms with van der Waals surface area (Å²) in [7, 11) is 0. The summed E-state index contributed by atoms with van der Waals surface area (Å²) >= 11 is 0. The number of unbranched alkanes of at least 4 members (excludes halogenated alkanes) is 5. The second kappa shape index (κ2) is 18.5. The lowest BCUT2D eigenvalue weighted by molar-refractivity contribution is -0.134. The summed E-state index contributed by atoms with van der Waals surface area (Å²) in [6, 6.07) is 17.4. The zero-order valence-corrected chi connectivity index (χ0v) is 25.5. The maximum absolute atomic E-state index is 12.3. The number of rotatable bonds is 17. The average molecular weight is 617 g/mol. The molecule has 0 bridgehead atoms. The van der Waals surface area contributed by atoms with Gasteiger partial charge in [0, 0.05) is 23.9 Å². The van der Waals surface area contributed by atoms with Crippen LogP contribution in [0.2, 0.25) is 0 Å². The molecule has 0 amide bonds. The summed E-state index contributed by atoms with van der Waals surface area (Å²) in [6.45, 7) is 2.57. The number of anilines is 2. The Morgan fingerprint density at radius 2 is 1.20 bits per heavy atom. The first-order chi connectivity index (χ1) is 21.7. The predicted molar refractivity (Wildman–Crippen MR) is 172 cm³/mol. The number of nitrogen functional groups attached to an aromatic ring is 2. The van der Waals surface area contributed by atoms with Crippen molar-refractivity contribution in [2.75, 3.05) is 24.7 Å². The Bertz CT molecular complexity index is 1430. The van der Waals surface area contributed by atoms with Gasteiger partial charge >= 0.3 is 23.9 Å². The topological polar surface area (TPSA) is 157 Å². The van der Waals surface area contributed by atoms with Gasteiger partial charge in [-0.1, -0.05) is 38.3 Å². The number of carbonyl (C=O) groups excluding carboxylic acids is 4. The number of nitrogens with two attached hydrogens (primary N) is 2. The van der Waals surface area contributed by atoms with Gasteiger partial charge in [-0.05, 0) is 91.9 Å². The van der Waals surface area contributed by atoms with E-state index < -0.39 is 17.9 Å².